The highest BCUT2D eigenvalue weighted by molar-refractivity contribution is 7.95. The van der Waals surface area contributed by atoms with Crippen LogP contribution in [-0.4, -0.2) is 35.6 Å². The summed E-state index contributed by atoms with van der Waals surface area (Å²) in [6.07, 6.45) is -9.24. The Bertz CT molecular complexity index is 569. The predicted octanol–water partition coefficient (Wildman–Crippen LogP) is 1.12. The number of fused-ring (bicyclic) bond motifs is 1. The number of ether oxygens (including phenoxy) is 2. The highest BCUT2D eigenvalue weighted by Crippen LogP contribution is 2.58. The van der Waals surface area contributed by atoms with Crippen molar-refractivity contribution in [2.24, 2.45) is 23.7 Å². The summed E-state index contributed by atoms with van der Waals surface area (Å²) in [6.45, 7) is 0. The van der Waals surface area contributed by atoms with E-state index in [4.69, 9.17) is 4.74 Å². The number of alkyl halides is 5. The molecule has 0 radical (unpaired) electrons. The lowest BCUT2D eigenvalue weighted by Gasteiger charge is -2.30. The third-order valence-corrected chi connectivity index (χ3v) is 5.32. The van der Waals surface area contributed by atoms with Gasteiger partial charge in [0.05, 0.1) is 11.8 Å². The first kappa shape index (κ1) is 18.6. The van der Waals surface area contributed by atoms with Gasteiger partial charge in [0.1, 0.15) is 18.1 Å². The molecule has 2 bridgehead atoms. The molecular formula is C12H10F5O7S-. The smallest absolute Gasteiger partial charge is 0.432 e. The minimum Gasteiger partial charge on any atom is -0.691 e. The molecule has 2 aliphatic carbocycles. The molecule has 0 N–H and O–H groups in total. The molecule has 0 spiro atoms. The molecule has 1 aliphatic heterocycles. The van der Waals surface area contributed by atoms with Crippen molar-refractivity contribution >= 4 is 24.0 Å². The maximum atomic E-state index is 13.6. The van der Waals surface area contributed by atoms with Crippen LogP contribution in [0.2, 0.25) is 0 Å². The van der Waals surface area contributed by atoms with Gasteiger partial charge in [0.2, 0.25) is 0 Å². The molecular weight excluding hydrogens is 383 g/mol. The molecule has 7 nitrogen and oxygen atoms in total. The molecule has 0 aromatic rings. The van der Waals surface area contributed by atoms with E-state index in [1.54, 1.807) is 0 Å². The second-order valence-electron chi connectivity index (χ2n) is 6.06. The molecule has 0 amide bonds. The standard InChI is InChI=1S/C12H11F5O7S/c13-11(14,15)10(12(16,17)25-24-23-20)22-8(18)6-3-1-4-5(2-3)21-9(19)7(4)6/h3-7,10,20H,1-2H2/p-1. The molecule has 1 saturated heterocycles. The molecule has 2 saturated carbocycles. The van der Waals surface area contributed by atoms with Crippen molar-refractivity contribution in [2.45, 2.75) is 36.5 Å². The quantitative estimate of drug-likeness (QED) is 0.218. The lowest BCUT2D eigenvalue weighted by Crippen LogP contribution is -2.48. The number of hydrogen-bond donors (Lipinski definition) is 0. The van der Waals surface area contributed by atoms with Crippen LogP contribution >= 0.6 is 12.0 Å². The first-order chi connectivity index (χ1) is 11.6. The summed E-state index contributed by atoms with van der Waals surface area (Å²) < 4.78 is 78.2. The maximum absolute atomic E-state index is 13.6. The average Bonchev–Trinajstić information content (AvgIpc) is 3.10. The zero-order valence-corrected chi connectivity index (χ0v) is 12.9. The topological polar surface area (TPSA) is 94.1 Å². The molecule has 1 heterocycles. The first-order valence-electron chi connectivity index (χ1n) is 7.06. The van der Waals surface area contributed by atoms with Crippen LogP contribution in [-0.2, 0) is 28.4 Å². The summed E-state index contributed by atoms with van der Waals surface area (Å²) >= 11 is -1.23. The van der Waals surface area contributed by atoms with E-state index in [0.29, 0.717) is 6.42 Å². The normalized spacial score (nSPS) is 35.0. The van der Waals surface area contributed by atoms with Crippen LogP contribution < -0.4 is 5.26 Å². The second-order valence-corrected chi connectivity index (χ2v) is 6.91. The number of carbonyl (C=O) groups excluding carboxylic acids is 2. The van der Waals surface area contributed by atoms with E-state index in [1.165, 1.54) is 0 Å². The van der Waals surface area contributed by atoms with Gasteiger partial charge in [-0.2, -0.15) is 26.3 Å². The van der Waals surface area contributed by atoms with Crippen molar-refractivity contribution in [1.82, 2.24) is 0 Å². The van der Waals surface area contributed by atoms with Gasteiger partial charge in [0.25, 0.3) is 6.10 Å². The Morgan fingerprint density at radius 3 is 2.56 bits per heavy atom. The molecule has 3 fully saturated rings. The Hall–Kier alpha value is -1.18. The second kappa shape index (κ2) is 6.21. The van der Waals surface area contributed by atoms with Gasteiger partial charge >= 0.3 is 23.4 Å². The van der Waals surface area contributed by atoms with Crippen molar-refractivity contribution in [3.8, 4) is 0 Å². The third kappa shape index (κ3) is 3.17. The van der Waals surface area contributed by atoms with E-state index in [1.807, 2.05) is 0 Å². The highest BCUT2D eigenvalue weighted by Gasteiger charge is 2.66. The Labute approximate surface area is 140 Å². The van der Waals surface area contributed by atoms with E-state index in [9.17, 15) is 36.8 Å². The zero-order valence-electron chi connectivity index (χ0n) is 12.0. The average molecular weight is 393 g/mol. The molecule has 0 aromatic heterocycles. The summed E-state index contributed by atoms with van der Waals surface area (Å²) in [6, 6.07) is 0. The summed E-state index contributed by atoms with van der Waals surface area (Å²) in [5.74, 6) is -5.31. The minimum absolute atomic E-state index is 0.279. The number of carbonyl (C=O) groups is 2. The molecule has 3 rings (SSSR count). The SMILES string of the molecule is O=C(OC(C(F)(F)F)C(F)(F)SOO[O-])C1C2CC3OC(=O)C1C3C2. The van der Waals surface area contributed by atoms with Crippen molar-refractivity contribution in [3.63, 3.8) is 0 Å². The Balaban J connectivity index is 1.76. The number of esters is 2. The van der Waals surface area contributed by atoms with E-state index < -0.39 is 59.3 Å². The fraction of sp³-hybridized carbons (Fsp3) is 0.833. The van der Waals surface area contributed by atoms with Crippen LogP contribution in [0.5, 0.6) is 0 Å². The van der Waals surface area contributed by atoms with Gasteiger partial charge in [-0.05, 0) is 18.8 Å². The van der Waals surface area contributed by atoms with Crippen LogP contribution in [0.4, 0.5) is 22.0 Å². The Morgan fingerprint density at radius 1 is 1.28 bits per heavy atom. The first-order valence-corrected chi connectivity index (χ1v) is 7.80. The Morgan fingerprint density at radius 2 is 1.96 bits per heavy atom. The van der Waals surface area contributed by atoms with Crippen molar-refractivity contribution < 1.29 is 55.6 Å². The van der Waals surface area contributed by atoms with Crippen molar-refractivity contribution in [2.75, 3.05) is 0 Å². The van der Waals surface area contributed by atoms with E-state index in [0.717, 1.165) is 0 Å². The van der Waals surface area contributed by atoms with E-state index >= 15 is 0 Å². The summed E-state index contributed by atoms with van der Waals surface area (Å²) in [5, 5.41) is 7.34. The Kier molecular flexibility index (Phi) is 4.62. The van der Waals surface area contributed by atoms with Crippen LogP contribution in [0.3, 0.4) is 0 Å². The van der Waals surface area contributed by atoms with Crippen LogP contribution in [0, 0.1) is 23.7 Å². The molecule has 142 valence electrons. The van der Waals surface area contributed by atoms with E-state index in [-0.39, 0.29) is 18.4 Å². The van der Waals surface area contributed by atoms with Crippen molar-refractivity contribution in [1.29, 1.82) is 0 Å². The van der Waals surface area contributed by atoms with Gasteiger partial charge in [-0.25, -0.2) is 0 Å². The summed E-state index contributed by atoms with van der Waals surface area (Å²) in [7, 11) is 0. The largest absolute Gasteiger partial charge is 0.691 e. The zero-order chi connectivity index (χ0) is 18.6. The van der Waals surface area contributed by atoms with Gasteiger partial charge in [-0.15, -0.1) is 0 Å². The lowest BCUT2D eigenvalue weighted by molar-refractivity contribution is -0.777. The number of hydrogen-bond acceptors (Lipinski definition) is 8. The van der Waals surface area contributed by atoms with Gasteiger partial charge in [0, 0.05) is 5.92 Å². The molecule has 3 aliphatic rings. The van der Waals surface area contributed by atoms with Crippen molar-refractivity contribution in [3.05, 3.63) is 0 Å². The molecule has 25 heavy (non-hydrogen) atoms. The van der Waals surface area contributed by atoms with Gasteiger partial charge in [-0.3, -0.25) is 14.6 Å². The minimum atomic E-state index is -5.64. The molecule has 0 aromatic carbocycles. The fourth-order valence-electron chi connectivity index (χ4n) is 3.95. The van der Waals surface area contributed by atoms with Gasteiger partial charge < -0.3 is 14.7 Å². The lowest BCUT2D eigenvalue weighted by atomic mass is 9.80. The van der Waals surface area contributed by atoms with Crippen LogP contribution in [0.1, 0.15) is 12.8 Å². The predicted molar refractivity (Wildman–Crippen MR) is 63.7 cm³/mol. The van der Waals surface area contributed by atoms with Gasteiger partial charge in [0.15, 0.2) is 0 Å². The van der Waals surface area contributed by atoms with E-state index in [2.05, 4.69) is 14.1 Å². The monoisotopic (exact) mass is 393 g/mol. The number of halogens is 5. The fourth-order valence-corrected chi connectivity index (χ4v) is 4.34. The number of rotatable bonds is 6. The van der Waals surface area contributed by atoms with Crippen LogP contribution in [0.15, 0.2) is 0 Å². The van der Waals surface area contributed by atoms with Crippen LogP contribution in [0.25, 0.3) is 0 Å². The molecule has 6 atom stereocenters. The maximum Gasteiger partial charge on any atom is 0.432 e. The molecule has 6 unspecified atom stereocenters. The third-order valence-electron chi connectivity index (χ3n) is 4.76. The van der Waals surface area contributed by atoms with Gasteiger partial charge in [-0.1, -0.05) is 0 Å². The highest BCUT2D eigenvalue weighted by atomic mass is 32.2. The summed E-state index contributed by atoms with van der Waals surface area (Å²) in [4.78, 5) is 23.9. The summed E-state index contributed by atoms with van der Waals surface area (Å²) in [5.41, 5.74) is 0. The molecule has 13 heteroatoms.